The maximum absolute atomic E-state index is 14.2. The van der Waals surface area contributed by atoms with Crippen molar-refractivity contribution in [3.63, 3.8) is 0 Å². The molecule has 0 bridgehead atoms. The van der Waals surface area contributed by atoms with Gasteiger partial charge in [0.15, 0.2) is 5.54 Å². The number of rotatable bonds is 7. The number of amides is 1. The number of piperidine rings is 1. The molecule has 0 spiro atoms. The van der Waals surface area contributed by atoms with Crippen molar-refractivity contribution in [2.24, 2.45) is 4.99 Å². The first kappa shape index (κ1) is 25.7. The van der Waals surface area contributed by atoms with Crippen LogP contribution in [0.5, 0.6) is 0 Å². The number of hydrogen-bond donors (Lipinski definition) is 0. The summed E-state index contributed by atoms with van der Waals surface area (Å²) >= 11 is 0. The zero-order valence-electron chi connectivity index (χ0n) is 21.3. The molecule has 1 amide bonds. The molecule has 1 atom stereocenters. The van der Waals surface area contributed by atoms with Gasteiger partial charge < -0.3 is 4.90 Å². The Kier molecular flexibility index (Phi) is 7.30. The van der Waals surface area contributed by atoms with Crippen LogP contribution in [0, 0.1) is 23.0 Å². The van der Waals surface area contributed by atoms with Crippen LogP contribution in [0.2, 0.25) is 0 Å². The topological polar surface area (TPSA) is 72.6 Å². The maximum Gasteiger partial charge on any atom is 0.265 e. The van der Waals surface area contributed by atoms with Crippen molar-refractivity contribution in [3.8, 4) is 6.07 Å². The summed E-state index contributed by atoms with van der Waals surface area (Å²) in [6.45, 7) is 5.00. The number of nitriles is 1. The monoisotopic (exact) mass is 513 g/mol. The number of carbonyl (C=O) groups excluding carboxylic acids is 1. The van der Waals surface area contributed by atoms with E-state index in [2.05, 4.69) is 16.0 Å². The molecule has 194 valence electrons. The van der Waals surface area contributed by atoms with Gasteiger partial charge >= 0.3 is 0 Å². The van der Waals surface area contributed by atoms with Crippen molar-refractivity contribution in [1.82, 2.24) is 14.8 Å². The van der Waals surface area contributed by atoms with Gasteiger partial charge in [-0.05, 0) is 105 Å². The van der Waals surface area contributed by atoms with Crippen LogP contribution in [0.3, 0.4) is 0 Å². The number of halogens is 2. The third-order valence-corrected chi connectivity index (χ3v) is 7.59. The summed E-state index contributed by atoms with van der Waals surface area (Å²) in [7, 11) is 0. The molecule has 5 rings (SSSR count). The van der Waals surface area contributed by atoms with Gasteiger partial charge in [-0.15, -0.1) is 0 Å². The Morgan fingerprint density at radius 1 is 1.00 bits per heavy atom. The number of aromatic nitrogens is 1. The van der Waals surface area contributed by atoms with Gasteiger partial charge in [0.25, 0.3) is 5.91 Å². The summed E-state index contributed by atoms with van der Waals surface area (Å²) in [5, 5.41) is 9.12. The van der Waals surface area contributed by atoms with E-state index in [9.17, 15) is 13.6 Å². The molecule has 2 aromatic carbocycles. The fourth-order valence-electron chi connectivity index (χ4n) is 5.61. The highest BCUT2D eigenvalue weighted by Crippen LogP contribution is 2.40. The summed E-state index contributed by atoms with van der Waals surface area (Å²) < 4.78 is 27.9. The zero-order chi connectivity index (χ0) is 26.7. The first-order valence-corrected chi connectivity index (χ1v) is 12.9. The Hall–Kier alpha value is -3.96. The van der Waals surface area contributed by atoms with Crippen LogP contribution >= 0.6 is 0 Å². The average Bonchev–Trinajstić information content (AvgIpc) is 3.19. The van der Waals surface area contributed by atoms with Gasteiger partial charge in [0.2, 0.25) is 0 Å². The van der Waals surface area contributed by atoms with Gasteiger partial charge in [0.1, 0.15) is 29.2 Å². The second-order valence-electron chi connectivity index (χ2n) is 9.90. The number of hydrogen-bond acceptors (Lipinski definition) is 5. The van der Waals surface area contributed by atoms with E-state index in [0.29, 0.717) is 35.1 Å². The second kappa shape index (κ2) is 10.8. The van der Waals surface area contributed by atoms with Crippen molar-refractivity contribution in [1.29, 1.82) is 5.26 Å². The van der Waals surface area contributed by atoms with E-state index < -0.39 is 17.2 Å². The molecule has 38 heavy (non-hydrogen) atoms. The molecule has 0 saturated carbocycles. The van der Waals surface area contributed by atoms with Gasteiger partial charge in [-0.25, -0.2) is 18.8 Å². The SMILES string of the molecule is CC1=NC(c2ccc(F)cc2)(c2cccc(F)c2)C(=O)N1CCCN1CCC(c2ccnc(C#N)c2)CC1. The highest BCUT2D eigenvalue weighted by molar-refractivity contribution is 6.09. The molecule has 1 saturated heterocycles. The number of benzene rings is 2. The van der Waals surface area contributed by atoms with Crippen molar-refractivity contribution in [2.75, 3.05) is 26.2 Å². The van der Waals surface area contributed by atoms with Crippen LogP contribution in [0.15, 0.2) is 71.9 Å². The highest BCUT2D eigenvalue weighted by atomic mass is 19.1. The first-order chi connectivity index (χ1) is 18.4. The minimum absolute atomic E-state index is 0.253. The molecule has 3 heterocycles. The van der Waals surface area contributed by atoms with E-state index in [-0.39, 0.29) is 5.91 Å². The largest absolute Gasteiger partial charge is 0.303 e. The molecule has 2 aliphatic heterocycles. The summed E-state index contributed by atoms with van der Waals surface area (Å²) in [4.78, 5) is 26.8. The number of amidine groups is 1. The molecule has 0 N–H and O–H groups in total. The van der Waals surface area contributed by atoms with Crippen LogP contribution in [0.1, 0.15) is 54.5 Å². The molecule has 0 radical (unpaired) electrons. The predicted octanol–water partition coefficient (Wildman–Crippen LogP) is 5.01. The van der Waals surface area contributed by atoms with Gasteiger partial charge in [0, 0.05) is 12.7 Å². The standard InChI is InChI=1S/C30H29F2N5O/c1-21-35-30(24-6-8-26(31)9-7-24,25-4-2-5-27(32)19-25)29(38)37(21)15-3-14-36-16-11-22(12-17-36)23-10-13-34-28(18-23)20-33/h2,4-10,13,18-19,22H,3,11-12,14-17H2,1H3. The third kappa shape index (κ3) is 4.94. The van der Waals surface area contributed by atoms with E-state index in [4.69, 9.17) is 10.3 Å². The third-order valence-electron chi connectivity index (χ3n) is 7.59. The van der Waals surface area contributed by atoms with Crippen molar-refractivity contribution in [2.45, 2.75) is 37.6 Å². The van der Waals surface area contributed by atoms with E-state index in [0.717, 1.165) is 38.9 Å². The van der Waals surface area contributed by atoms with Crippen LogP contribution in [0.4, 0.5) is 8.78 Å². The lowest BCUT2D eigenvalue weighted by Gasteiger charge is -2.32. The number of carbonyl (C=O) groups is 1. The quantitative estimate of drug-likeness (QED) is 0.446. The molecule has 1 aromatic heterocycles. The summed E-state index contributed by atoms with van der Waals surface area (Å²) in [6.07, 6.45) is 4.48. The summed E-state index contributed by atoms with van der Waals surface area (Å²) in [5.41, 5.74) is 1.11. The van der Waals surface area contributed by atoms with E-state index in [1.807, 2.05) is 12.1 Å². The molecular weight excluding hydrogens is 484 g/mol. The molecule has 0 aliphatic carbocycles. The van der Waals surface area contributed by atoms with Gasteiger partial charge in [0.05, 0.1) is 0 Å². The lowest BCUT2D eigenvalue weighted by Crippen LogP contribution is -2.43. The highest BCUT2D eigenvalue weighted by Gasteiger charge is 2.50. The smallest absolute Gasteiger partial charge is 0.265 e. The molecule has 1 unspecified atom stereocenters. The molecular formula is C30H29F2N5O. The lowest BCUT2D eigenvalue weighted by atomic mass is 9.82. The van der Waals surface area contributed by atoms with Crippen LogP contribution in [-0.4, -0.2) is 52.7 Å². The molecule has 6 nitrogen and oxygen atoms in total. The van der Waals surface area contributed by atoms with Gasteiger partial charge in [-0.2, -0.15) is 5.26 Å². The fraction of sp³-hybridized carbons (Fsp3) is 0.333. The Bertz CT molecular complexity index is 1390. The maximum atomic E-state index is 14.2. The molecule has 3 aromatic rings. The second-order valence-corrected chi connectivity index (χ2v) is 9.90. The van der Waals surface area contributed by atoms with E-state index in [1.54, 1.807) is 42.3 Å². The first-order valence-electron chi connectivity index (χ1n) is 12.9. The van der Waals surface area contributed by atoms with Crippen LogP contribution in [-0.2, 0) is 10.3 Å². The number of nitrogens with zero attached hydrogens (tertiary/aromatic N) is 5. The van der Waals surface area contributed by atoms with Gasteiger partial charge in [-0.1, -0.05) is 24.3 Å². The molecule has 8 heteroatoms. The Labute approximate surface area is 221 Å². The summed E-state index contributed by atoms with van der Waals surface area (Å²) in [6, 6.07) is 17.6. The Balaban J connectivity index is 1.25. The van der Waals surface area contributed by atoms with Crippen LogP contribution < -0.4 is 0 Å². The van der Waals surface area contributed by atoms with Crippen molar-refractivity contribution in [3.05, 3.63) is 101 Å². The number of aliphatic imine (C=N–C) groups is 1. The normalized spacial score (nSPS) is 20.4. The predicted molar refractivity (Wildman–Crippen MR) is 140 cm³/mol. The van der Waals surface area contributed by atoms with Crippen molar-refractivity contribution < 1.29 is 13.6 Å². The fourth-order valence-corrected chi connectivity index (χ4v) is 5.61. The number of likely N-dealkylation sites (tertiary alicyclic amines) is 1. The lowest BCUT2D eigenvalue weighted by molar-refractivity contribution is -0.130. The van der Waals surface area contributed by atoms with Crippen LogP contribution in [0.25, 0.3) is 0 Å². The number of pyridine rings is 1. The van der Waals surface area contributed by atoms with E-state index in [1.165, 1.54) is 29.8 Å². The Morgan fingerprint density at radius 2 is 1.76 bits per heavy atom. The molecule has 2 aliphatic rings. The van der Waals surface area contributed by atoms with Crippen molar-refractivity contribution >= 4 is 11.7 Å². The van der Waals surface area contributed by atoms with Gasteiger partial charge in [-0.3, -0.25) is 9.69 Å². The average molecular weight is 514 g/mol. The Morgan fingerprint density at radius 3 is 2.47 bits per heavy atom. The van der Waals surface area contributed by atoms with E-state index >= 15 is 0 Å². The minimum Gasteiger partial charge on any atom is -0.303 e. The molecule has 1 fully saturated rings. The minimum atomic E-state index is -1.44. The summed E-state index contributed by atoms with van der Waals surface area (Å²) in [5.74, 6) is -0.143. The zero-order valence-corrected chi connectivity index (χ0v) is 21.3.